The van der Waals surface area contributed by atoms with Gasteiger partial charge in [0, 0.05) is 0 Å². The molecule has 1 heterocycles. The third-order valence-electron chi connectivity index (χ3n) is 1.90. The molecule has 0 spiro atoms. The molecule has 9 heteroatoms. The van der Waals surface area contributed by atoms with Gasteiger partial charge in [0.15, 0.2) is 0 Å². The second-order valence-electron chi connectivity index (χ2n) is 3.37. The van der Waals surface area contributed by atoms with Gasteiger partial charge in [-0.2, -0.15) is 31.6 Å². The van der Waals surface area contributed by atoms with Gasteiger partial charge in [-0.25, -0.2) is 4.98 Å². The summed E-state index contributed by atoms with van der Waals surface area (Å²) in [5.74, 6) is -0.762. The molecular weight excluding hydrogens is 278 g/mol. The number of rotatable bonds is 3. The molecule has 0 aliphatic carbocycles. The van der Waals surface area contributed by atoms with E-state index in [1.54, 1.807) is 0 Å². The molecule has 0 unspecified atom stereocenters. The zero-order valence-corrected chi connectivity index (χ0v) is 9.14. The summed E-state index contributed by atoms with van der Waals surface area (Å²) in [4.78, 5) is 3.00. The van der Waals surface area contributed by atoms with E-state index in [1.165, 1.54) is 6.07 Å². The SMILES string of the molecule is N#Cc1ccc(C(F)(F)F)nc1OCCC(F)(F)F. The van der Waals surface area contributed by atoms with E-state index >= 15 is 0 Å². The third-order valence-corrected chi connectivity index (χ3v) is 1.90. The summed E-state index contributed by atoms with van der Waals surface area (Å²) in [5.41, 5.74) is -1.70. The number of pyridine rings is 1. The van der Waals surface area contributed by atoms with Gasteiger partial charge in [0.25, 0.3) is 0 Å². The molecule has 0 amide bonds. The van der Waals surface area contributed by atoms with Gasteiger partial charge in [0.1, 0.15) is 17.3 Å². The van der Waals surface area contributed by atoms with Gasteiger partial charge in [-0.05, 0) is 12.1 Å². The highest BCUT2D eigenvalue weighted by atomic mass is 19.4. The summed E-state index contributed by atoms with van der Waals surface area (Å²) in [5, 5.41) is 8.60. The van der Waals surface area contributed by atoms with Crippen molar-refractivity contribution in [1.29, 1.82) is 5.26 Å². The summed E-state index contributed by atoms with van der Waals surface area (Å²) >= 11 is 0. The minimum Gasteiger partial charge on any atom is -0.476 e. The highest BCUT2D eigenvalue weighted by Crippen LogP contribution is 2.30. The van der Waals surface area contributed by atoms with Crippen molar-refractivity contribution in [3.8, 4) is 11.9 Å². The Morgan fingerprint density at radius 1 is 1.16 bits per heavy atom. The summed E-state index contributed by atoms with van der Waals surface area (Å²) in [7, 11) is 0. The van der Waals surface area contributed by atoms with E-state index in [0.29, 0.717) is 6.07 Å². The third kappa shape index (κ3) is 4.65. The molecule has 0 saturated carbocycles. The fraction of sp³-hybridized carbons (Fsp3) is 0.400. The molecule has 1 aromatic heterocycles. The van der Waals surface area contributed by atoms with Crippen molar-refractivity contribution >= 4 is 0 Å². The molecule has 0 aliphatic rings. The molecule has 0 radical (unpaired) electrons. The number of nitriles is 1. The lowest BCUT2D eigenvalue weighted by molar-refractivity contribution is -0.143. The fourth-order valence-electron chi connectivity index (χ4n) is 1.06. The Morgan fingerprint density at radius 2 is 1.79 bits per heavy atom. The lowest BCUT2D eigenvalue weighted by Crippen LogP contribution is -2.15. The van der Waals surface area contributed by atoms with Gasteiger partial charge in [-0.3, -0.25) is 0 Å². The summed E-state index contributed by atoms with van der Waals surface area (Å²) in [6.07, 6.45) is -10.6. The zero-order valence-electron chi connectivity index (χ0n) is 9.14. The Bertz CT molecular complexity index is 488. The lowest BCUT2D eigenvalue weighted by Gasteiger charge is -2.11. The average molecular weight is 284 g/mol. The van der Waals surface area contributed by atoms with Crippen molar-refractivity contribution in [2.24, 2.45) is 0 Å². The van der Waals surface area contributed by atoms with Crippen LogP contribution in [0.2, 0.25) is 0 Å². The minimum absolute atomic E-state index is 0.366. The normalized spacial score (nSPS) is 12.1. The van der Waals surface area contributed by atoms with Crippen molar-refractivity contribution in [3.63, 3.8) is 0 Å². The van der Waals surface area contributed by atoms with Crippen LogP contribution in [-0.2, 0) is 6.18 Å². The van der Waals surface area contributed by atoms with Gasteiger partial charge >= 0.3 is 12.4 Å². The van der Waals surface area contributed by atoms with Crippen LogP contribution in [0.5, 0.6) is 5.88 Å². The second-order valence-corrected chi connectivity index (χ2v) is 3.37. The van der Waals surface area contributed by atoms with Gasteiger partial charge in [0.05, 0.1) is 13.0 Å². The smallest absolute Gasteiger partial charge is 0.433 e. The molecule has 0 N–H and O–H groups in total. The molecule has 0 atom stereocenters. The number of nitrogens with zero attached hydrogens (tertiary/aromatic N) is 2. The van der Waals surface area contributed by atoms with E-state index in [1.807, 2.05) is 0 Å². The largest absolute Gasteiger partial charge is 0.476 e. The number of hydrogen-bond donors (Lipinski definition) is 0. The minimum atomic E-state index is -4.77. The predicted octanol–water partition coefficient (Wildman–Crippen LogP) is 3.30. The molecule has 1 rings (SSSR count). The van der Waals surface area contributed by atoms with Crippen LogP contribution in [-0.4, -0.2) is 17.8 Å². The monoisotopic (exact) mass is 284 g/mol. The van der Waals surface area contributed by atoms with Crippen LogP contribution in [0.3, 0.4) is 0 Å². The quantitative estimate of drug-likeness (QED) is 0.800. The van der Waals surface area contributed by atoms with E-state index in [2.05, 4.69) is 9.72 Å². The summed E-state index contributed by atoms with van der Waals surface area (Å²) in [6.45, 7) is -0.910. The van der Waals surface area contributed by atoms with E-state index in [-0.39, 0.29) is 5.56 Å². The van der Waals surface area contributed by atoms with Crippen molar-refractivity contribution in [2.45, 2.75) is 18.8 Å². The van der Waals surface area contributed by atoms with Crippen molar-refractivity contribution < 1.29 is 31.1 Å². The second kappa shape index (κ2) is 5.34. The first-order chi connectivity index (χ1) is 8.63. The maximum Gasteiger partial charge on any atom is 0.433 e. The van der Waals surface area contributed by atoms with Crippen LogP contribution < -0.4 is 4.74 Å². The van der Waals surface area contributed by atoms with E-state index < -0.39 is 37.0 Å². The molecule has 19 heavy (non-hydrogen) atoms. The summed E-state index contributed by atoms with van der Waals surface area (Å²) in [6, 6.07) is 2.83. The van der Waals surface area contributed by atoms with Crippen molar-refractivity contribution in [2.75, 3.05) is 6.61 Å². The Kier molecular flexibility index (Phi) is 4.24. The fourth-order valence-corrected chi connectivity index (χ4v) is 1.06. The Balaban J connectivity index is 2.89. The number of aromatic nitrogens is 1. The summed E-state index contributed by atoms with van der Waals surface area (Å²) < 4.78 is 77.1. The van der Waals surface area contributed by atoms with Crippen LogP contribution in [0.15, 0.2) is 12.1 Å². The molecule has 0 saturated heterocycles. The van der Waals surface area contributed by atoms with Crippen LogP contribution in [0.4, 0.5) is 26.3 Å². The molecule has 0 aromatic carbocycles. The van der Waals surface area contributed by atoms with Crippen LogP contribution >= 0.6 is 0 Å². The predicted molar refractivity (Wildman–Crippen MR) is 50.1 cm³/mol. The topological polar surface area (TPSA) is 45.9 Å². The first kappa shape index (κ1) is 15.1. The molecule has 1 aromatic rings. The molecule has 0 aliphatic heterocycles. The Labute approximate surface area is 103 Å². The van der Waals surface area contributed by atoms with E-state index in [4.69, 9.17) is 5.26 Å². The van der Waals surface area contributed by atoms with E-state index in [0.717, 1.165) is 6.07 Å². The molecule has 3 nitrogen and oxygen atoms in total. The Morgan fingerprint density at radius 3 is 2.26 bits per heavy atom. The number of halogens is 6. The van der Waals surface area contributed by atoms with Crippen molar-refractivity contribution in [1.82, 2.24) is 4.98 Å². The van der Waals surface area contributed by atoms with Crippen molar-refractivity contribution in [3.05, 3.63) is 23.4 Å². The molecule has 0 bridgehead atoms. The molecule has 104 valence electrons. The van der Waals surface area contributed by atoms with Crippen LogP contribution in [0.1, 0.15) is 17.7 Å². The highest BCUT2D eigenvalue weighted by molar-refractivity contribution is 5.39. The van der Waals surface area contributed by atoms with Crippen LogP contribution in [0, 0.1) is 11.3 Å². The Hall–Kier alpha value is -1.98. The van der Waals surface area contributed by atoms with Gasteiger partial charge in [0.2, 0.25) is 5.88 Å². The first-order valence-electron chi connectivity index (χ1n) is 4.81. The first-order valence-corrected chi connectivity index (χ1v) is 4.81. The number of ether oxygens (including phenoxy) is 1. The van der Waals surface area contributed by atoms with Gasteiger partial charge < -0.3 is 4.74 Å². The molecular formula is C10H6F6N2O. The number of hydrogen-bond acceptors (Lipinski definition) is 3. The lowest BCUT2D eigenvalue weighted by atomic mass is 10.2. The highest BCUT2D eigenvalue weighted by Gasteiger charge is 2.33. The maximum atomic E-state index is 12.3. The standard InChI is InChI=1S/C10H6F6N2O/c11-9(12,13)3-4-19-8-6(5-17)1-2-7(18-8)10(14,15)16/h1-2H,3-4H2. The maximum absolute atomic E-state index is 12.3. The molecule has 0 fully saturated rings. The van der Waals surface area contributed by atoms with E-state index in [9.17, 15) is 26.3 Å². The number of alkyl halides is 6. The zero-order chi connectivity index (χ0) is 14.7. The van der Waals surface area contributed by atoms with Crippen LogP contribution in [0.25, 0.3) is 0 Å². The van der Waals surface area contributed by atoms with Gasteiger partial charge in [-0.1, -0.05) is 0 Å². The average Bonchev–Trinajstić information content (AvgIpc) is 2.26. The van der Waals surface area contributed by atoms with Gasteiger partial charge in [-0.15, -0.1) is 0 Å².